The van der Waals surface area contributed by atoms with Crippen molar-refractivity contribution >= 4 is 27.7 Å². The lowest BCUT2D eigenvalue weighted by Crippen LogP contribution is -2.45. The van der Waals surface area contributed by atoms with Crippen molar-refractivity contribution in [3.63, 3.8) is 0 Å². The van der Waals surface area contributed by atoms with Gasteiger partial charge in [0.2, 0.25) is 5.91 Å². The molecule has 1 unspecified atom stereocenters. The van der Waals surface area contributed by atoms with Gasteiger partial charge in [-0.05, 0) is 28.1 Å². The normalized spacial score (nSPS) is 11.8. The minimum absolute atomic E-state index is 0.166. The fourth-order valence-electron chi connectivity index (χ4n) is 1.52. The number of rotatable bonds is 7. The Hall–Kier alpha value is -1.44. The van der Waals surface area contributed by atoms with E-state index >= 15 is 0 Å². The Balaban J connectivity index is 2.45. The molecule has 0 spiro atoms. The van der Waals surface area contributed by atoms with Gasteiger partial charge < -0.3 is 20.5 Å². The van der Waals surface area contributed by atoms with E-state index in [1.54, 1.807) is 24.3 Å². The molecule has 3 N–H and O–H groups in total. The van der Waals surface area contributed by atoms with Crippen LogP contribution in [0.1, 0.15) is 10.4 Å². The molecule has 0 heterocycles. The Bertz CT molecular complexity index is 467. The third-order valence-electron chi connectivity index (χ3n) is 2.48. The summed E-state index contributed by atoms with van der Waals surface area (Å²) in [5, 5.41) is 14.1. The first kappa shape index (κ1) is 16.6. The maximum absolute atomic E-state index is 11.9. The standard InChI is InChI=1S/C13H17BrN2O4/c1-20-8-9(7-17)16-12(18)6-15-13(19)10-4-2-3-5-11(10)14/h2-5,9,17H,6-8H2,1H3,(H,15,19)(H,16,18). The monoisotopic (exact) mass is 344 g/mol. The Kier molecular flexibility index (Phi) is 7.21. The van der Waals surface area contributed by atoms with Gasteiger partial charge in [-0.15, -0.1) is 0 Å². The second-order valence-electron chi connectivity index (χ2n) is 4.06. The van der Waals surface area contributed by atoms with Gasteiger partial charge in [0.25, 0.3) is 5.91 Å². The van der Waals surface area contributed by atoms with Crippen LogP contribution in [0.4, 0.5) is 0 Å². The van der Waals surface area contributed by atoms with Crippen molar-refractivity contribution in [1.82, 2.24) is 10.6 Å². The van der Waals surface area contributed by atoms with Crippen molar-refractivity contribution in [2.45, 2.75) is 6.04 Å². The van der Waals surface area contributed by atoms with E-state index in [2.05, 4.69) is 26.6 Å². The van der Waals surface area contributed by atoms with E-state index in [0.29, 0.717) is 10.0 Å². The molecule has 6 nitrogen and oxygen atoms in total. The van der Waals surface area contributed by atoms with Crippen LogP contribution in [0.5, 0.6) is 0 Å². The SMILES string of the molecule is COCC(CO)NC(=O)CNC(=O)c1ccccc1Br. The van der Waals surface area contributed by atoms with Crippen LogP contribution < -0.4 is 10.6 Å². The first-order valence-electron chi connectivity index (χ1n) is 6.00. The van der Waals surface area contributed by atoms with Crippen LogP contribution in [0.25, 0.3) is 0 Å². The summed E-state index contributed by atoms with van der Waals surface area (Å²) in [5.74, 6) is -0.735. The molecule has 0 radical (unpaired) electrons. The number of hydrogen-bond acceptors (Lipinski definition) is 4. The van der Waals surface area contributed by atoms with E-state index in [4.69, 9.17) is 9.84 Å². The highest BCUT2D eigenvalue weighted by Crippen LogP contribution is 2.15. The van der Waals surface area contributed by atoms with Gasteiger partial charge in [-0.2, -0.15) is 0 Å². The summed E-state index contributed by atoms with van der Waals surface area (Å²) in [4.78, 5) is 23.5. The van der Waals surface area contributed by atoms with Crippen LogP contribution >= 0.6 is 15.9 Å². The molecule has 0 fully saturated rings. The van der Waals surface area contributed by atoms with Crippen molar-refractivity contribution < 1.29 is 19.4 Å². The number of aliphatic hydroxyl groups excluding tert-OH is 1. The molecular formula is C13H17BrN2O4. The molecule has 0 saturated carbocycles. The summed E-state index contributed by atoms with van der Waals surface area (Å²) < 4.78 is 5.50. The van der Waals surface area contributed by atoms with Crippen LogP contribution in [0.3, 0.4) is 0 Å². The van der Waals surface area contributed by atoms with Gasteiger partial charge in [-0.3, -0.25) is 9.59 Å². The lowest BCUT2D eigenvalue weighted by molar-refractivity contribution is -0.121. The maximum atomic E-state index is 11.9. The summed E-state index contributed by atoms with van der Waals surface area (Å²) in [6.45, 7) is -0.182. The summed E-state index contributed by atoms with van der Waals surface area (Å²) in [5.41, 5.74) is 0.455. The molecule has 1 rings (SSSR count). The van der Waals surface area contributed by atoms with Crippen LogP contribution in [0.2, 0.25) is 0 Å². The molecule has 20 heavy (non-hydrogen) atoms. The molecule has 0 aliphatic heterocycles. The van der Waals surface area contributed by atoms with Gasteiger partial charge in [0.15, 0.2) is 0 Å². The van der Waals surface area contributed by atoms with E-state index in [9.17, 15) is 9.59 Å². The molecular weight excluding hydrogens is 328 g/mol. The van der Waals surface area contributed by atoms with Crippen LogP contribution in [0, 0.1) is 0 Å². The third-order valence-corrected chi connectivity index (χ3v) is 3.17. The molecule has 1 atom stereocenters. The van der Waals surface area contributed by atoms with Gasteiger partial charge in [-0.25, -0.2) is 0 Å². The number of carbonyl (C=O) groups is 2. The number of amides is 2. The highest BCUT2D eigenvalue weighted by molar-refractivity contribution is 9.10. The van der Waals surface area contributed by atoms with E-state index in [1.165, 1.54) is 7.11 Å². The Morgan fingerprint density at radius 1 is 1.40 bits per heavy atom. The van der Waals surface area contributed by atoms with Gasteiger partial charge >= 0.3 is 0 Å². The third kappa shape index (κ3) is 5.28. The van der Waals surface area contributed by atoms with Crippen LogP contribution in [-0.2, 0) is 9.53 Å². The largest absolute Gasteiger partial charge is 0.394 e. The zero-order chi connectivity index (χ0) is 15.0. The Morgan fingerprint density at radius 3 is 2.70 bits per heavy atom. The fourth-order valence-corrected chi connectivity index (χ4v) is 1.99. The second kappa shape index (κ2) is 8.68. The van der Waals surface area contributed by atoms with Crippen LogP contribution in [-0.4, -0.2) is 49.8 Å². The number of halogens is 1. The molecule has 0 aromatic heterocycles. The molecule has 0 bridgehead atoms. The molecule has 7 heteroatoms. The van der Waals surface area contributed by atoms with Crippen molar-refractivity contribution in [2.75, 3.05) is 26.9 Å². The quantitative estimate of drug-likeness (QED) is 0.664. The molecule has 1 aromatic rings. The maximum Gasteiger partial charge on any atom is 0.252 e. The highest BCUT2D eigenvalue weighted by Gasteiger charge is 2.13. The fraction of sp³-hybridized carbons (Fsp3) is 0.385. The van der Waals surface area contributed by atoms with Crippen molar-refractivity contribution in [3.8, 4) is 0 Å². The minimum atomic E-state index is -0.479. The molecule has 1 aromatic carbocycles. The number of nitrogens with one attached hydrogen (secondary N) is 2. The number of ether oxygens (including phenoxy) is 1. The average molecular weight is 345 g/mol. The Labute approximate surface area is 125 Å². The summed E-state index contributed by atoms with van der Waals surface area (Å²) in [6, 6.07) is 6.45. The molecule has 0 saturated heterocycles. The number of benzene rings is 1. The number of aliphatic hydroxyl groups is 1. The number of methoxy groups -OCH3 is 1. The van der Waals surface area contributed by atoms with Gasteiger partial charge in [0.1, 0.15) is 0 Å². The van der Waals surface area contributed by atoms with Gasteiger partial charge in [0, 0.05) is 11.6 Å². The van der Waals surface area contributed by atoms with Crippen molar-refractivity contribution in [3.05, 3.63) is 34.3 Å². The van der Waals surface area contributed by atoms with Crippen molar-refractivity contribution in [2.24, 2.45) is 0 Å². The van der Waals surface area contributed by atoms with E-state index in [1.807, 2.05) is 0 Å². The van der Waals surface area contributed by atoms with E-state index in [-0.39, 0.29) is 31.6 Å². The first-order chi connectivity index (χ1) is 9.58. The zero-order valence-corrected chi connectivity index (χ0v) is 12.6. The lowest BCUT2D eigenvalue weighted by atomic mass is 10.2. The van der Waals surface area contributed by atoms with Gasteiger partial charge in [-0.1, -0.05) is 12.1 Å². The molecule has 0 aliphatic rings. The zero-order valence-electron chi connectivity index (χ0n) is 11.1. The minimum Gasteiger partial charge on any atom is -0.394 e. The summed E-state index contributed by atoms with van der Waals surface area (Å²) in [6.07, 6.45) is 0. The topological polar surface area (TPSA) is 87.7 Å². The van der Waals surface area contributed by atoms with E-state index in [0.717, 1.165) is 0 Å². The summed E-state index contributed by atoms with van der Waals surface area (Å²) >= 11 is 3.26. The predicted octanol–water partition coefficient (Wildman–Crippen LogP) is 0.302. The smallest absolute Gasteiger partial charge is 0.252 e. The summed E-state index contributed by atoms with van der Waals surface area (Å²) in [7, 11) is 1.48. The van der Waals surface area contributed by atoms with Gasteiger partial charge in [0.05, 0.1) is 31.4 Å². The average Bonchev–Trinajstić information content (AvgIpc) is 2.44. The first-order valence-corrected chi connectivity index (χ1v) is 6.79. The highest BCUT2D eigenvalue weighted by atomic mass is 79.9. The molecule has 2 amide bonds. The lowest BCUT2D eigenvalue weighted by Gasteiger charge is -2.15. The predicted molar refractivity (Wildman–Crippen MR) is 77.4 cm³/mol. The Morgan fingerprint density at radius 2 is 2.10 bits per heavy atom. The van der Waals surface area contributed by atoms with Crippen molar-refractivity contribution in [1.29, 1.82) is 0 Å². The molecule has 110 valence electrons. The number of hydrogen-bond donors (Lipinski definition) is 3. The van der Waals surface area contributed by atoms with Crippen LogP contribution in [0.15, 0.2) is 28.7 Å². The number of carbonyl (C=O) groups excluding carboxylic acids is 2. The second-order valence-corrected chi connectivity index (χ2v) is 4.92. The van der Waals surface area contributed by atoms with E-state index < -0.39 is 6.04 Å². The molecule has 0 aliphatic carbocycles.